The van der Waals surface area contributed by atoms with Crippen molar-refractivity contribution in [3.8, 4) is 0 Å². The Kier molecular flexibility index (Phi) is 6.22. The Morgan fingerprint density at radius 2 is 1.56 bits per heavy atom. The van der Waals surface area contributed by atoms with Crippen molar-refractivity contribution in [2.24, 2.45) is 0 Å². The van der Waals surface area contributed by atoms with E-state index in [9.17, 15) is 9.18 Å². The van der Waals surface area contributed by atoms with E-state index in [0.29, 0.717) is 0 Å². The third kappa shape index (κ3) is 4.94. The van der Waals surface area contributed by atoms with Gasteiger partial charge in [0.2, 0.25) is 5.91 Å². The lowest BCUT2D eigenvalue weighted by molar-refractivity contribution is -0.117. The maximum absolute atomic E-state index is 13.9. The van der Waals surface area contributed by atoms with E-state index in [1.54, 1.807) is 6.07 Å². The second kappa shape index (κ2) is 8.80. The van der Waals surface area contributed by atoms with Gasteiger partial charge < -0.3 is 5.32 Å². The minimum absolute atomic E-state index is 0.0896. The molecule has 1 N–H and O–H groups in total. The van der Waals surface area contributed by atoms with Crippen LogP contribution in [0.25, 0.3) is 0 Å². The second-order valence-electron chi connectivity index (χ2n) is 6.31. The molecule has 3 aromatic rings. The minimum Gasteiger partial charge on any atom is -0.322 e. The zero-order valence-corrected chi connectivity index (χ0v) is 15.7. The summed E-state index contributed by atoms with van der Waals surface area (Å²) in [4.78, 5) is 14.4. The molecule has 5 heteroatoms. The number of likely N-dealkylation sites (N-methyl/N-ethyl adjacent to an activating group) is 1. The summed E-state index contributed by atoms with van der Waals surface area (Å²) < 4.78 is 13.9. The molecule has 3 nitrogen and oxygen atoms in total. The molecule has 1 amide bonds. The van der Waals surface area contributed by atoms with Gasteiger partial charge in [0, 0.05) is 5.02 Å². The number of nitrogens with one attached hydrogen (secondary N) is 1. The van der Waals surface area contributed by atoms with Gasteiger partial charge in [-0.3, -0.25) is 9.69 Å². The average molecular weight is 383 g/mol. The standard InChI is InChI=1S/C22H20ClFN2O/c1-26(15-21(27)25-20-13-12-18(23)14-19(20)24)22(16-8-4-2-5-9-16)17-10-6-3-7-11-17/h2-14,22H,15H2,1H3,(H,25,27). The molecule has 138 valence electrons. The smallest absolute Gasteiger partial charge is 0.238 e. The SMILES string of the molecule is CN(CC(=O)Nc1ccc(Cl)cc1F)C(c1ccccc1)c1ccccc1. The Bertz CT molecular complexity index is 863. The summed E-state index contributed by atoms with van der Waals surface area (Å²) in [5, 5.41) is 2.90. The largest absolute Gasteiger partial charge is 0.322 e. The van der Waals surface area contributed by atoms with Crippen LogP contribution in [-0.4, -0.2) is 24.4 Å². The molecule has 0 fully saturated rings. The highest BCUT2D eigenvalue weighted by molar-refractivity contribution is 6.30. The Morgan fingerprint density at radius 1 is 1.00 bits per heavy atom. The molecule has 0 saturated heterocycles. The Balaban J connectivity index is 1.78. The molecular weight excluding hydrogens is 363 g/mol. The fourth-order valence-corrected chi connectivity index (χ4v) is 3.23. The number of hydrogen-bond acceptors (Lipinski definition) is 2. The number of benzene rings is 3. The molecule has 0 radical (unpaired) electrons. The molecule has 0 aromatic heterocycles. The topological polar surface area (TPSA) is 32.3 Å². The number of rotatable bonds is 6. The molecule has 0 saturated carbocycles. The summed E-state index contributed by atoms with van der Waals surface area (Å²) in [6, 6.07) is 24.0. The summed E-state index contributed by atoms with van der Waals surface area (Å²) in [7, 11) is 1.88. The van der Waals surface area contributed by atoms with Crippen LogP contribution in [-0.2, 0) is 4.79 Å². The van der Waals surface area contributed by atoms with Crippen molar-refractivity contribution in [2.45, 2.75) is 6.04 Å². The average Bonchev–Trinajstić information content (AvgIpc) is 2.66. The van der Waals surface area contributed by atoms with Crippen molar-refractivity contribution in [2.75, 3.05) is 18.9 Å². The van der Waals surface area contributed by atoms with Gasteiger partial charge in [-0.05, 0) is 36.4 Å². The van der Waals surface area contributed by atoms with Gasteiger partial charge in [-0.2, -0.15) is 0 Å². The van der Waals surface area contributed by atoms with E-state index in [4.69, 9.17) is 11.6 Å². The monoisotopic (exact) mass is 382 g/mol. The van der Waals surface area contributed by atoms with Gasteiger partial charge in [0.15, 0.2) is 0 Å². The highest BCUT2D eigenvalue weighted by Gasteiger charge is 2.21. The summed E-state index contributed by atoms with van der Waals surface area (Å²) in [5.41, 5.74) is 2.28. The van der Waals surface area contributed by atoms with Crippen LogP contribution in [0.4, 0.5) is 10.1 Å². The first-order chi connectivity index (χ1) is 13.0. The fourth-order valence-electron chi connectivity index (χ4n) is 3.07. The number of nitrogens with zero attached hydrogens (tertiary/aromatic N) is 1. The number of hydrogen-bond donors (Lipinski definition) is 1. The fraction of sp³-hybridized carbons (Fsp3) is 0.136. The molecule has 0 bridgehead atoms. The van der Waals surface area contributed by atoms with E-state index in [1.807, 2.05) is 72.6 Å². The molecule has 0 unspecified atom stereocenters. The van der Waals surface area contributed by atoms with Crippen molar-refractivity contribution >= 4 is 23.2 Å². The third-order valence-corrected chi connectivity index (χ3v) is 4.50. The quantitative estimate of drug-likeness (QED) is 0.640. The van der Waals surface area contributed by atoms with Crippen molar-refractivity contribution in [3.05, 3.63) is 101 Å². The van der Waals surface area contributed by atoms with E-state index in [0.717, 1.165) is 11.1 Å². The van der Waals surface area contributed by atoms with Gasteiger partial charge in [-0.1, -0.05) is 72.3 Å². The number of carbonyl (C=O) groups is 1. The van der Waals surface area contributed by atoms with Crippen molar-refractivity contribution in [1.82, 2.24) is 4.90 Å². The summed E-state index contributed by atoms with van der Waals surface area (Å²) in [5.74, 6) is -0.850. The van der Waals surface area contributed by atoms with E-state index in [1.165, 1.54) is 12.1 Å². The Morgan fingerprint density at radius 3 is 2.07 bits per heavy atom. The van der Waals surface area contributed by atoms with Crippen LogP contribution in [0.15, 0.2) is 78.9 Å². The predicted octanol–water partition coefficient (Wildman–Crippen LogP) is 5.14. The van der Waals surface area contributed by atoms with Crippen LogP contribution < -0.4 is 5.32 Å². The van der Waals surface area contributed by atoms with Crippen LogP contribution in [0.3, 0.4) is 0 Å². The van der Waals surface area contributed by atoms with Crippen molar-refractivity contribution < 1.29 is 9.18 Å². The van der Waals surface area contributed by atoms with Gasteiger partial charge in [0.05, 0.1) is 18.3 Å². The van der Waals surface area contributed by atoms with Gasteiger partial charge in [0.1, 0.15) is 5.82 Å². The Hall–Kier alpha value is -2.69. The lowest BCUT2D eigenvalue weighted by atomic mass is 9.97. The van der Waals surface area contributed by atoms with Gasteiger partial charge >= 0.3 is 0 Å². The maximum atomic E-state index is 13.9. The van der Waals surface area contributed by atoms with Gasteiger partial charge in [-0.25, -0.2) is 4.39 Å². The minimum atomic E-state index is -0.554. The zero-order valence-electron chi connectivity index (χ0n) is 14.9. The highest BCUT2D eigenvalue weighted by Crippen LogP contribution is 2.27. The zero-order chi connectivity index (χ0) is 19.2. The van der Waals surface area contributed by atoms with Crippen molar-refractivity contribution in [1.29, 1.82) is 0 Å². The van der Waals surface area contributed by atoms with E-state index in [-0.39, 0.29) is 29.2 Å². The number of amides is 1. The molecule has 0 aliphatic rings. The van der Waals surface area contributed by atoms with E-state index in [2.05, 4.69) is 5.32 Å². The molecule has 3 aromatic carbocycles. The highest BCUT2D eigenvalue weighted by atomic mass is 35.5. The lowest BCUT2D eigenvalue weighted by Gasteiger charge is -2.28. The maximum Gasteiger partial charge on any atom is 0.238 e. The molecule has 27 heavy (non-hydrogen) atoms. The van der Waals surface area contributed by atoms with Gasteiger partial charge in [-0.15, -0.1) is 0 Å². The van der Waals surface area contributed by atoms with E-state index < -0.39 is 5.82 Å². The summed E-state index contributed by atoms with van der Waals surface area (Å²) in [6.45, 7) is 0.108. The normalized spacial score (nSPS) is 11.0. The predicted molar refractivity (Wildman–Crippen MR) is 107 cm³/mol. The Labute approximate surface area is 163 Å². The lowest BCUT2D eigenvalue weighted by Crippen LogP contribution is -2.34. The second-order valence-corrected chi connectivity index (χ2v) is 6.75. The number of anilines is 1. The summed E-state index contributed by atoms with van der Waals surface area (Å²) in [6.07, 6.45) is 0. The van der Waals surface area contributed by atoms with Crippen LogP contribution >= 0.6 is 11.6 Å². The molecule has 3 rings (SSSR count). The van der Waals surface area contributed by atoms with Crippen molar-refractivity contribution in [3.63, 3.8) is 0 Å². The molecule has 0 spiro atoms. The van der Waals surface area contributed by atoms with Crippen LogP contribution in [0.5, 0.6) is 0 Å². The molecular formula is C22H20ClFN2O. The van der Waals surface area contributed by atoms with Crippen LogP contribution in [0, 0.1) is 5.82 Å². The first-order valence-electron chi connectivity index (χ1n) is 8.59. The molecule has 0 aliphatic heterocycles. The third-order valence-electron chi connectivity index (χ3n) is 4.27. The first-order valence-corrected chi connectivity index (χ1v) is 8.97. The first kappa shape index (κ1) is 19.1. The number of carbonyl (C=O) groups excluding carboxylic acids is 1. The molecule has 0 heterocycles. The van der Waals surface area contributed by atoms with Crippen LogP contribution in [0.1, 0.15) is 17.2 Å². The van der Waals surface area contributed by atoms with Crippen LogP contribution in [0.2, 0.25) is 5.02 Å². The van der Waals surface area contributed by atoms with Gasteiger partial charge in [0.25, 0.3) is 0 Å². The summed E-state index contributed by atoms with van der Waals surface area (Å²) >= 11 is 5.75. The molecule has 0 atom stereocenters. The molecule has 0 aliphatic carbocycles. The number of halogens is 2. The van der Waals surface area contributed by atoms with E-state index >= 15 is 0 Å².